The van der Waals surface area contributed by atoms with Crippen molar-refractivity contribution in [1.29, 1.82) is 0 Å². The molecule has 2 rings (SSSR count). The summed E-state index contributed by atoms with van der Waals surface area (Å²) in [5.41, 5.74) is 2.17. The van der Waals surface area contributed by atoms with Gasteiger partial charge in [0.05, 0.1) is 10.7 Å². The molecule has 2 aromatic rings. The molecule has 0 saturated carbocycles. The summed E-state index contributed by atoms with van der Waals surface area (Å²) in [6, 6.07) is 2.05. The van der Waals surface area contributed by atoms with Crippen molar-refractivity contribution in [3.63, 3.8) is 0 Å². The largest absolute Gasteiger partial charge is 0.356 e. The van der Waals surface area contributed by atoms with Gasteiger partial charge in [-0.25, -0.2) is 4.98 Å². The third-order valence-electron chi connectivity index (χ3n) is 3.02. The molecule has 0 bridgehead atoms. The molecule has 0 fully saturated rings. The first kappa shape index (κ1) is 14.7. The van der Waals surface area contributed by atoms with Crippen LogP contribution in [0.1, 0.15) is 29.2 Å². The minimum absolute atomic E-state index is 0.100. The molecule has 2 aromatic heterocycles. The van der Waals surface area contributed by atoms with Gasteiger partial charge in [-0.15, -0.1) is 11.3 Å². The van der Waals surface area contributed by atoms with Crippen molar-refractivity contribution in [2.75, 3.05) is 6.54 Å². The normalized spacial score (nSPS) is 10.7. The van der Waals surface area contributed by atoms with Crippen LogP contribution in [0.2, 0.25) is 0 Å². The van der Waals surface area contributed by atoms with E-state index < -0.39 is 0 Å². The lowest BCUT2D eigenvalue weighted by atomic mass is 10.3. The fourth-order valence-corrected chi connectivity index (χ4v) is 2.68. The molecule has 2 heterocycles. The zero-order chi connectivity index (χ0) is 14.4. The standard InChI is InChI=1S/C14H20N4OS/c1-11-10-12(2)18(17-11)8-3-4-13(19)15-6-5-14-16-7-9-20-14/h7,9-10H,3-6,8H2,1-2H3,(H,15,19). The molecule has 0 atom stereocenters. The SMILES string of the molecule is Cc1cc(C)n(CCCC(=O)NCCc2nccs2)n1. The maximum absolute atomic E-state index is 11.7. The van der Waals surface area contributed by atoms with Gasteiger partial charge in [-0.3, -0.25) is 9.48 Å². The van der Waals surface area contributed by atoms with E-state index in [1.54, 1.807) is 17.5 Å². The number of amides is 1. The second-order valence-electron chi connectivity index (χ2n) is 4.78. The van der Waals surface area contributed by atoms with Crippen molar-refractivity contribution < 1.29 is 4.79 Å². The highest BCUT2D eigenvalue weighted by Gasteiger charge is 2.04. The van der Waals surface area contributed by atoms with Crippen LogP contribution in [0.3, 0.4) is 0 Å². The van der Waals surface area contributed by atoms with E-state index in [0.717, 1.165) is 35.8 Å². The smallest absolute Gasteiger partial charge is 0.220 e. The summed E-state index contributed by atoms with van der Waals surface area (Å²) < 4.78 is 1.96. The van der Waals surface area contributed by atoms with E-state index in [2.05, 4.69) is 15.4 Å². The number of aromatic nitrogens is 3. The molecule has 108 valence electrons. The number of carbonyl (C=O) groups is 1. The number of hydrogen-bond donors (Lipinski definition) is 1. The van der Waals surface area contributed by atoms with Crippen molar-refractivity contribution >= 4 is 17.2 Å². The molecule has 20 heavy (non-hydrogen) atoms. The minimum Gasteiger partial charge on any atom is -0.356 e. The number of nitrogens with zero attached hydrogens (tertiary/aromatic N) is 3. The van der Waals surface area contributed by atoms with Crippen LogP contribution in [-0.4, -0.2) is 27.2 Å². The van der Waals surface area contributed by atoms with Crippen molar-refractivity contribution in [1.82, 2.24) is 20.1 Å². The first-order valence-corrected chi connectivity index (χ1v) is 7.69. The Morgan fingerprint density at radius 1 is 1.45 bits per heavy atom. The fourth-order valence-electron chi connectivity index (χ4n) is 2.06. The van der Waals surface area contributed by atoms with Crippen molar-refractivity contribution in [2.45, 2.75) is 39.7 Å². The predicted octanol–water partition coefficient (Wildman–Crippen LogP) is 2.10. The first-order chi connectivity index (χ1) is 9.65. The van der Waals surface area contributed by atoms with Crippen LogP contribution in [-0.2, 0) is 17.8 Å². The Bertz CT molecular complexity index is 548. The number of hydrogen-bond acceptors (Lipinski definition) is 4. The van der Waals surface area contributed by atoms with Crippen LogP contribution in [0.25, 0.3) is 0 Å². The summed E-state index contributed by atoms with van der Waals surface area (Å²) in [5, 5.41) is 10.3. The van der Waals surface area contributed by atoms with Gasteiger partial charge >= 0.3 is 0 Å². The molecule has 0 aliphatic heterocycles. The molecule has 1 amide bonds. The first-order valence-electron chi connectivity index (χ1n) is 6.81. The van der Waals surface area contributed by atoms with Crippen LogP contribution >= 0.6 is 11.3 Å². The number of nitrogens with one attached hydrogen (secondary N) is 1. The summed E-state index contributed by atoms with van der Waals surface area (Å²) in [7, 11) is 0. The third kappa shape index (κ3) is 4.45. The highest BCUT2D eigenvalue weighted by atomic mass is 32.1. The molecule has 0 saturated heterocycles. The Balaban J connectivity index is 1.61. The molecule has 1 N–H and O–H groups in total. The molecule has 0 unspecified atom stereocenters. The number of rotatable bonds is 7. The quantitative estimate of drug-likeness (QED) is 0.850. The van der Waals surface area contributed by atoms with E-state index >= 15 is 0 Å². The van der Waals surface area contributed by atoms with Gasteiger partial charge in [0.15, 0.2) is 0 Å². The van der Waals surface area contributed by atoms with Crippen molar-refractivity contribution in [3.8, 4) is 0 Å². The molecule has 5 nitrogen and oxygen atoms in total. The lowest BCUT2D eigenvalue weighted by Crippen LogP contribution is -2.25. The Morgan fingerprint density at radius 3 is 2.95 bits per heavy atom. The fraction of sp³-hybridized carbons (Fsp3) is 0.500. The van der Waals surface area contributed by atoms with Crippen LogP contribution in [0, 0.1) is 13.8 Å². The monoisotopic (exact) mass is 292 g/mol. The summed E-state index contributed by atoms with van der Waals surface area (Å²) in [4.78, 5) is 15.9. The average Bonchev–Trinajstić information content (AvgIpc) is 3.00. The van der Waals surface area contributed by atoms with Crippen LogP contribution in [0.4, 0.5) is 0 Å². The van der Waals surface area contributed by atoms with Crippen LogP contribution < -0.4 is 5.32 Å². The second-order valence-corrected chi connectivity index (χ2v) is 5.76. The van der Waals surface area contributed by atoms with E-state index in [1.165, 1.54) is 0 Å². The van der Waals surface area contributed by atoms with Gasteiger partial charge in [0.1, 0.15) is 0 Å². The summed E-state index contributed by atoms with van der Waals surface area (Å²) in [5.74, 6) is 0.100. The number of aryl methyl sites for hydroxylation is 3. The number of thiazole rings is 1. The Hall–Kier alpha value is -1.69. The maximum atomic E-state index is 11.7. The molecule has 0 aromatic carbocycles. The number of carbonyl (C=O) groups excluding carboxylic acids is 1. The Morgan fingerprint density at radius 2 is 2.30 bits per heavy atom. The highest BCUT2D eigenvalue weighted by Crippen LogP contribution is 2.05. The summed E-state index contributed by atoms with van der Waals surface area (Å²) >= 11 is 1.62. The molecule has 6 heteroatoms. The van der Waals surface area contributed by atoms with Crippen molar-refractivity contribution in [3.05, 3.63) is 34.0 Å². The van der Waals surface area contributed by atoms with Gasteiger partial charge < -0.3 is 5.32 Å². The molecular formula is C14H20N4OS. The maximum Gasteiger partial charge on any atom is 0.220 e. The van der Waals surface area contributed by atoms with Gasteiger partial charge in [-0.2, -0.15) is 5.10 Å². The average molecular weight is 292 g/mol. The highest BCUT2D eigenvalue weighted by molar-refractivity contribution is 7.09. The van der Waals surface area contributed by atoms with Gasteiger partial charge in [0, 0.05) is 43.2 Å². The summed E-state index contributed by atoms with van der Waals surface area (Å²) in [6.45, 7) is 5.47. The zero-order valence-corrected chi connectivity index (χ0v) is 12.7. The van der Waals surface area contributed by atoms with E-state index in [-0.39, 0.29) is 5.91 Å². The van der Waals surface area contributed by atoms with Crippen LogP contribution in [0.15, 0.2) is 17.6 Å². The summed E-state index contributed by atoms with van der Waals surface area (Å²) in [6.07, 6.45) is 3.94. The molecule has 0 radical (unpaired) electrons. The van der Waals surface area contributed by atoms with E-state index in [4.69, 9.17) is 0 Å². The zero-order valence-electron chi connectivity index (χ0n) is 11.9. The van der Waals surface area contributed by atoms with Crippen LogP contribution in [0.5, 0.6) is 0 Å². The van der Waals surface area contributed by atoms with E-state index in [9.17, 15) is 4.79 Å². The van der Waals surface area contributed by atoms with Gasteiger partial charge in [0.2, 0.25) is 5.91 Å². The van der Waals surface area contributed by atoms with Gasteiger partial charge in [0.25, 0.3) is 0 Å². The topological polar surface area (TPSA) is 59.8 Å². The molecule has 0 spiro atoms. The molecule has 0 aliphatic carbocycles. The second kappa shape index (κ2) is 7.19. The van der Waals surface area contributed by atoms with E-state index in [0.29, 0.717) is 13.0 Å². The van der Waals surface area contributed by atoms with Gasteiger partial charge in [-0.1, -0.05) is 0 Å². The minimum atomic E-state index is 0.100. The molecule has 0 aliphatic rings. The van der Waals surface area contributed by atoms with Crippen molar-refractivity contribution in [2.24, 2.45) is 0 Å². The Kier molecular flexibility index (Phi) is 5.29. The van der Waals surface area contributed by atoms with Gasteiger partial charge in [-0.05, 0) is 26.3 Å². The predicted molar refractivity (Wildman–Crippen MR) is 79.8 cm³/mol. The van der Waals surface area contributed by atoms with E-state index in [1.807, 2.05) is 30.0 Å². The Labute approximate surface area is 123 Å². The lowest BCUT2D eigenvalue weighted by Gasteiger charge is -2.05. The lowest BCUT2D eigenvalue weighted by molar-refractivity contribution is -0.121. The molecular weight excluding hydrogens is 272 g/mol. The third-order valence-corrected chi connectivity index (χ3v) is 3.86.